The van der Waals surface area contributed by atoms with Crippen molar-refractivity contribution < 1.29 is 0 Å². The van der Waals surface area contributed by atoms with Crippen LogP contribution in [0.25, 0.3) is 0 Å². The number of pyridine rings is 1. The van der Waals surface area contributed by atoms with Crippen molar-refractivity contribution in [2.24, 2.45) is 0 Å². The first-order chi connectivity index (χ1) is 7.22. The minimum atomic E-state index is 0.995. The highest BCUT2D eigenvalue weighted by Crippen LogP contribution is 2.03. The van der Waals surface area contributed by atoms with Gasteiger partial charge in [0, 0.05) is 31.5 Å². The van der Waals surface area contributed by atoms with Crippen molar-refractivity contribution in [3.8, 4) is 0 Å². The van der Waals surface area contributed by atoms with Crippen LogP contribution in [-0.4, -0.2) is 36.6 Å². The first-order valence-corrected chi connectivity index (χ1v) is 5.53. The van der Waals surface area contributed by atoms with Crippen molar-refractivity contribution in [3.63, 3.8) is 0 Å². The molecule has 0 fully saturated rings. The molecule has 0 atom stereocenters. The van der Waals surface area contributed by atoms with Gasteiger partial charge in [0.25, 0.3) is 0 Å². The number of rotatable bonds is 6. The molecule has 3 nitrogen and oxygen atoms in total. The van der Waals surface area contributed by atoms with Gasteiger partial charge in [-0.15, -0.1) is 0 Å². The first kappa shape index (κ1) is 12.1. The second-order valence-electron chi connectivity index (χ2n) is 3.90. The molecule has 3 heteroatoms. The third-order valence-corrected chi connectivity index (χ3v) is 2.33. The minimum Gasteiger partial charge on any atom is -0.316 e. The topological polar surface area (TPSA) is 28.2 Å². The van der Waals surface area contributed by atoms with Crippen LogP contribution in [0.1, 0.15) is 18.2 Å². The lowest BCUT2D eigenvalue weighted by Gasteiger charge is -2.16. The Bertz CT molecular complexity index is 286. The maximum atomic E-state index is 4.19. The first-order valence-electron chi connectivity index (χ1n) is 5.53. The molecular formula is C12H21N3. The molecule has 0 aliphatic rings. The number of hydrogen-bond acceptors (Lipinski definition) is 3. The number of likely N-dealkylation sites (N-methyl/N-ethyl adjacent to an activating group) is 2. The predicted octanol–water partition coefficient (Wildman–Crippen LogP) is 1.43. The number of hydrogen-bond donors (Lipinski definition) is 1. The van der Waals surface area contributed by atoms with Crippen LogP contribution in [0.15, 0.2) is 18.3 Å². The summed E-state index contributed by atoms with van der Waals surface area (Å²) < 4.78 is 0. The predicted molar refractivity (Wildman–Crippen MR) is 63.9 cm³/mol. The fourth-order valence-corrected chi connectivity index (χ4v) is 1.54. The molecule has 0 spiro atoms. The monoisotopic (exact) mass is 207 g/mol. The molecule has 0 radical (unpaired) electrons. The molecule has 84 valence electrons. The van der Waals surface area contributed by atoms with E-state index in [1.807, 2.05) is 13.1 Å². The molecule has 1 aromatic heterocycles. The van der Waals surface area contributed by atoms with Gasteiger partial charge in [0.05, 0.1) is 0 Å². The van der Waals surface area contributed by atoms with Gasteiger partial charge in [-0.2, -0.15) is 0 Å². The van der Waals surface area contributed by atoms with Gasteiger partial charge in [0.1, 0.15) is 0 Å². The summed E-state index contributed by atoms with van der Waals surface area (Å²) in [5, 5.41) is 3.32. The summed E-state index contributed by atoms with van der Waals surface area (Å²) in [6.45, 7) is 8.33. The van der Waals surface area contributed by atoms with E-state index in [9.17, 15) is 0 Å². The van der Waals surface area contributed by atoms with Gasteiger partial charge in [0.2, 0.25) is 0 Å². The molecule has 1 heterocycles. The minimum absolute atomic E-state index is 0.995. The maximum Gasteiger partial charge on any atom is 0.0375 e. The lowest BCUT2D eigenvalue weighted by atomic mass is 10.2. The average Bonchev–Trinajstić information content (AvgIpc) is 2.18. The third-order valence-electron chi connectivity index (χ3n) is 2.33. The summed E-state index contributed by atoms with van der Waals surface area (Å²) in [7, 11) is 2.15. The van der Waals surface area contributed by atoms with Crippen molar-refractivity contribution in [2.75, 3.05) is 26.7 Å². The Morgan fingerprint density at radius 3 is 2.93 bits per heavy atom. The van der Waals surface area contributed by atoms with E-state index >= 15 is 0 Å². The maximum absolute atomic E-state index is 4.19. The SMILES string of the molecule is CCNCCN(C)Cc1ccnc(C)c1. The van der Waals surface area contributed by atoms with Gasteiger partial charge in [-0.1, -0.05) is 6.92 Å². The molecule has 0 aliphatic heterocycles. The second kappa shape index (κ2) is 6.53. The molecule has 0 saturated heterocycles. The van der Waals surface area contributed by atoms with E-state index in [0.29, 0.717) is 0 Å². The molecule has 1 N–H and O–H groups in total. The zero-order valence-corrected chi connectivity index (χ0v) is 9.95. The molecule has 0 aliphatic carbocycles. The Morgan fingerprint density at radius 1 is 1.47 bits per heavy atom. The molecule has 15 heavy (non-hydrogen) atoms. The van der Waals surface area contributed by atoms with Gasteiger partial charge < -0.3 is 10.2 Å². The van der Waals surface area contributed by atoms with Crippen molar-refractivity contribution in [1.82, 2.24) is 15.2 Å². The van der Waals surface area contributed by atoms with E-state index < -0.39 is 0 Å². The van der Waals surface area contributed by atoms with Crippen LogP contribution < -0.4 is 5.32 Å². The molecule has 0 aromatic carbocycles. The van der Waals surface area contributed by atoms with E-state index in [0.717, 1.165) is 31.9 Å². The van der Waals surface area contributed by atoms with E-state index in [1.165, 1.54) is 5.56 Å². The largest absolute Gasteiger partial charge is 0.316 e. The van der Waals surface area contributed by atoms with E-state index in [4.69, 9.17) is 0 Å². The van der Waals surface area contributed by atoms with Gasteiger partial charge in [0.15, 0.2) is 0 Å². The summed E-state index contributed by atoms with van der Waals surface area (Å²) in [5.74, 6) is 0. The summed E-state index contributed by atoms with van der Waals surface area (Å²) in [6.07, 6.45) is 1.88. The summed E-state index contributed by atoms with van der Waals surface area (Å²) in [6, 6.07) is 4.22. The molecule has 0 unspecified atom stereocenters. The number of aromatic nitrogens is 1. The van der Waals surface area contributed by atoms with Crippen LogP contribution in [0.2, 0.25) is 0 Å². The zero-order valence-electron chi connectivity index (χ0n) is 9.95. The summed E-state index contributed by atoms with van der Waals surface area (Å²) in [4.78, 5) is 6.51. The Balaban J connectivity index is 2.34. The second-order valence-corrected chi connectivity index (χ2v) is 3.90. The van der Waals surface area contributed by atoms with E-state index in [1.54, 1.807) is 0 Å². The van der Waals surface area contributed by atoms with Gasteiger partial charge >= 0.3 is 0 Å². The fraction of sp³-hybridized carbons (Fsp3) is 0.583. The third kappa shape index (κ3) is 4.91. The van der Waals surface area contributed by atoms with Crippen LogP contribution in [0.4, 0.5) is 0 Å². The number of aryl methyl sites for hydroxylation is 1. The number of nitrogens with one attached hydrogen (secondary N) is 1. The quantitative estimate of drug-likeness (QED) is 0.715. The van der Waals surface area contributed by atoms with Crippen LogP contribution in [-0.2, 0) is 6.54 Å². The highest BCUT2D eigenvalue weighted by atomic mass is 15.1. The van der Waals surface area contributed by atoms with Gasteiger partial charge in [-0.3, -0.25) is 4.98 Å². The highest BCUT2D eigenvalue weighted by Gasteiger charge is 1.99. The average molecular weight is 207 g/mol. The van der Waals surface area contributed by atoms with E-state index in [2.05, 4.69) is 41.3 Å². The van der Waals surface area contributed by atoms with Crippen LogP contribution in [0.3, 0.4) is 0 Å². The van der Waals surface area contributed by atoms with Crippen molar-refractivity contribution in [1.29, 1.82) is 0 Å². The van der Waals surface area contributed by atoms with Gasteiger partial charge in [-0.25, -0.2) is 0 Å². The molecule has 0 bridgehead atoms. The Kier molecular flexibility index (Phi) is 5.29. The lowest BCUT2D eigenvalue weighted by molar-refractivity contribution is 0.325. The Hall–Kier alpha value is -0.930. The lowest BCUT2D eigenvalue weighted by Crippen LogP contribution is -2.28. The fourth-order valence-electron chi connectivity index (χ4n) is 1.54. The normalized spacial score (nSPS) is 10.9. The van der Waals surface area contributed by atoms with Crippen LogP contribution in [0.5, 0.6) is 0 Å². The Labute approximate surface area is 92.5 Å². The van der Waals surface area contributed by atoms with Gasteiger partial charge in [-0.05, 0) is 38.2 Å². The number of nitrogens with zero attached hydrogens (tertiary/aromatic N) is 2. The zero-order chi connectivity index (χ0) is 11.1. The van der Waals surface area contributed by atoms with Crippen molar-refractivity contribution >= 4 is 0 Å². The van der Waals surface area contributed by atoms with E-state index in [-0.39, 0.29) is 0 Å². The smallest absolute Gasteiger partial charge is 0.0375 e. The Morgan fingerprint density at radius 2 is 2.27 bits per heavy atom. The summed E-state index contributed by atoms with van der Waals surface area (Å²) in [5.41, 5.74) is 2.43. The molecule has 0 saturated carbocycles. The van der Waals surface area contributed by atoms with Crippen LogP contribution in [0, 0.1) is 6.92 Å². The standard InChI is InChI=1S/C12H21N3/c1-4-13-7-8-15(3)10-12-5-6-14-11(2)9-12/h5-6,9,13H,4,7-8,10H2,1-3H3. The molecule has 0 amide bonds. The highest BCUT2D eigenvalue weighted by molar-refractivity contribution is 5.14. The van der Waals surface area contributed by atoms with Crippen molar-refractivity contribution in [2.45, 2.75) is 20.4 Å². The molecular weight excluding hydrogens is 186 g/mol. The molecule has 1 rings (SSSR count). The van der Waals surface area contributed by atoms with Crippen LogP contribution >= 0.6 is 0 Å². The van der Waals surface area contributed by atoms with Crippen molar-refractivity contribution in [3.05, 3.63) is 29.6 Å². The molecule has 1 aromatic rings. The summed E-state index contributed by atoms with van der Waals surface area (Å²) >= 11 is 0.